The van der Waals surface area contributed by atoms with Crippen LogP contribution in [0.15, 0.2) is 29.2 Å². The maximum atomic E-state index is 14.9. The van der Waals surface area contributed by atoms with E-state index in [4.69, 9.17) is 4.74 Å². The smallest absolute Gasteiger partial charge is 0.377 e. The van der Waals surface area contributed by atoms with Crippen molar-refractivity contribution in [3.63, 3.8) is 0 Å². The SMILES string of the molecule is C[C@@H]1COCCN1c1nc2n(c(=O)c1F)CCC(C(F)(F)F)N2CC(=O)c1ccccn1. The number of aromatic nitrogens is 3. The van der Waals surface area contributed by atoms with Gasteiger partial charge in [0.25, 0.3) is 5.56 Å². The van der Waals surface area contributed by atoms with Crippen molar-refractivity contribution >= 4 is 17.5 Å². The second kappa shape index (κ2) is 8.49. The number of alkyl halides is 3. The number of carbonyl (C=O) groups is 1. The first-order chi connectivity index (χ1) is 15.2. The summed E-state index contributed by atoms with van der Waals surface area (Å²) < 4.78 is 62.7. The average Bonchev–Trinajstić information content (AvgIpc) is 2.76. The van der Waals surface area contributed by atoms with Gasteiger partial charge in [0, 0.05) is 19.3 Å². The Morgan fingerprint density at radius 3 is 2.72 bits per heavy atom. The lowest BCUT2D eigenvalue weighted by molar-refractivity contribution is -0.152. The molecule has 2 aromatic heterocycles. The van der Waals surface area contributed by atoms with Crippen molar-refractivity contribution in [2.24, 2.45) is 0 Å². The van der Waals surface area contributed by atoms with Crippen LogP contribution in [0.3, 0.4) is 0 Å². The molecule has 2 atom stereocenters. The standard InChI is InChI=1S/C20H21F4N5O3/c1-12-11-32-9-8-27(12)17-16(21)18(31)28-7-5-15(20(22,23)24)29(19(28)26-17)10-14(30)13-4-2-3-6-25-13/h2-4,6,12,15H,5,7-11H2,1H3/t12-,15?/m1/s1. The molecule has 0 saturated carbocycles. The molecule has 0 aliphatic carbocycles. The highest BCUT2D eigenvalue weighted by Gasteiger charge is 2.48. The Labute approximate surface area is 180 Å². The van der Waals surface area contributed by atoms with E-state index in [0.717, 1.165) is 9.47 Å². The molecule has 8 nitrogen and oxygen atoms in total. The van der Waals surface area contributed by atoms with Crippen molar-refractivity contribution in [3.05, 3.63) is 46.3 Å². The lowest BCUT2D eigenvalue weighted by Crippen LogP contribution is -2.55. The van der Waals surface area contributed by atoms with Crippen LogP contribution in [0, 0.1) is 5.82 Å². The van der Waals surface area contributed by atoms with Gasteiger partial charge >= 0.3 is 6.18 Å². The molecular formula is C20H21F4N5O3. The summed E-state index contributed by atoms with van der Waals surface area (Å²) in [5.41, 5.74) is -1.09. The molecule has 2 aliphatic rings. The third kappa shape index (κ3) is 4.06. The second-order valence-corrected chi connectivity index (χ2v) is 7.74. The van der Waals surface area contributed by atoms with Gasteiger partial charge in [-0.05, 0) is 25.5 Å². The fourth-order valence-corrected chi connectivity index (χ4v) is 3.99. The first-order valence-electron chi connectivity index (χ1n) is 10.1. The minimum atomic E-state index is -4.69. The lowest BCUT2D eigenvalue weighted by Gasteiger charge is -2.40. The Morgan fingerprint density at radius 2 is 2.06 bits per heavy atom. The van der Waals surface area contributed by atoms with Crippen LogP contribution in [0.2, 0.25) is 0 Å². The van der Waals surface area contributed by atoms with Crippen LogP contribution in [0.5, 0.6) is 0 Å². The van der Waals surface area contributed by atoms with Crippen LogP contribution >= 0.6 is 0 Å². The van der Waals surface area contributed by atoms with Gasteiger partial charge in [0.1, 0.15) is 11.7 Å². The monoisotopic (exact) mass is 455 g/mol. The number of nitrogens with zero attached hydrogens (tertiary/aromatic N) is 5. The lowest BCUT2D eigenvalue weighted by atomic mass is 10.1. The Morgan fingerprint density at radius 1 is 1.28 bits per heavy atom. The first kappa shape index (κ1) is 22.2. The highest BCUT2D eigenvalue weighted by Crippen LogP contribution is 2.35. The number of anilines is 2. The number of pyridine rings is 1. The van der Waals surface area contributed by atoms with Gasteiger partial charge in [-0.3, -0.25) is 19.1 Å². The largest absolute Gasteiger partial charge is 0.408 e. The van der Waals surface area contributed by atoms with Crippen LogP contribution in [0.1, 0.15) is 23.8 Å². The van der Waals surface area contributed by atoms with E-state index in [9.17, 15) is 27.2 Å². The van der Waals surface area contributed by atoms with Gasteiger partial charge in [0.15, 0.2) is 11.6 Å². The zero-order chi connectivity index (χ0) is 23.0. The molecule has 4 rings (SSSR count). The van der Waals surface area contributed by atoms with Crippen LogP contribution in [0.4, 0.5) is 29.3 Å². The molecule has 2 aromatic rings. The molecule has 1 fully saturated rings. The van der Waals surface area contributed by atoms with Crippen molar-refractivity contribution in [1.82, 2.24) is 14.5 Å². The fraction of sp³-hybridized carbons (Fsp3) is 0.500. The normalized spacial score (nSPS) is 21.4. The minimum Gasteiger partial charge on any atom is -0.377 e. The summed E-state index contributed by atoms with van der Waals surface area (Å²) in [5.74, 6) is -2.53. The number of ether oxygens (including phenoxy) is 1. The summed E-state index contributed by atoms with van der Waals surface area (Å²) in [6.45, 7) is 1.40. The molecule has 0 bridgehead atoms. The van der Waals surface area contributed by atoms with Crippen molar-refractivity contribution in [3.8, 4) is 0 Å². The molecular weight excluding hydrogens is 434 g/mol. The molecule has 0 N–H and O–H groups in total. The molecule has 32 heavy (non-hydrogen) atoms. The number of fused-ring (bicyclic) bond motifs is 1. The zero-order valence-corrected chi connectivity index (χ0v) is 17.2. The summed E-state index contributed by atoms with van der Waals surface area (Å²) in [5, 5.41) is 0. The van der Waals surface area contributed by atoms with E-state index >= 15 is 0 Å². The summed E-state index contributed by atoms with van der Waals surface area (Å²) in [6.07, 6.45) is -3.84. The number of carbonyl (C=O) groups excluding carboxylic acids is 1. The number of ketones is 1. The Hall–Kier alpha value is -3.02. The molecule has 0 radical (unpaired) electrons. The molecule has 12 heteroatoms. The summed E-state index contributed by atoms with van der Waals surface area (Å²) in [7, 11) is 0. The van der Waals surface area contributed by atoms with Gasteiger partial charge in [-0.2, -0.15) is 22.5 Å². The maximum Gasteiger partial charge on any atom is 0.408 e. The van der Waals surface area contributed by atoms with Crippen molar-refractivity contribution in [2.75, 3.05) is 36.1 Å². The maximum absolute atomic E-state index is 14.9. The molecule has 172 valence electrons. The van der Waals surface area contributed by atoms with Crippen LogP contribution in [-0.2, 0) is 11.3 Å². The number of morpholine rings is 1. The van der Waals surface area contributed by atoms with Crippen molar-refractivity contribution in [1.29, 1.82) is 0 Å². The molecule has 0 aromatic carbocycles. The minimum absolute atomic E-state index is 0.0166. The van der Waals surface area contributed by atoms with E-state index in [-0.39, 0.29) is 49.8 Å². The second-order valence-electron chi connectivity index (χ2n) is 7.74. The Kier molecular flexibility index (Phi) is 5.89. The van der Waals surface area contributed by atoms with Gasteiger partial charge < -0.3 is 14.5 Å². The van der Waals surface area contributed by atoms with Crippen LogP contribution < -0.4 is 15.4 Å². The molecule has 0 spiro atoms. The molecule has 2 aliphatic heterocycles. The highest BCUT2D eigenvalue weighted by molar-refractivity contribution is 5.97. The number of rotatable bonds is 4. The van der Waals surface area contributed by atoms with E-state index in [1.54, 1.807) is 19.1 Å². The van der Waals surface area contributed by atoms with Gasteiger partial charge in [0.2, 0.25) is 11.8 Å². The molecule has 0 amide bonds. The Bertz CT molecular complexity index is 1060. The molecule has 4 heterocycles. The van der Waals surface area contributed by atoms with E-state index in [2.05, 4.69) is 9.97 Å². The molecule has 1 saturated heterocycles. The van der Waals surface area contributed by atoms with Gasteiger partial charge in [-0.15, -0.1) is 0 Å². The van der Waals surface area contributed by atoms with Gasteiger partial charge in [-0.25, -0.2) is 0 Å². The van der Waals surface area contributed by atoms with Crippen molar-refractivity contribution < 1.29 is 27.1 Å². The highest BCUT2D eigenvalue weighted by atomic mass is 19.4. The predicted molar refractivity (Wildman–Crippen MR) is 106 cm³/mol. The van der Waals surface area contributed by atoms with Crippen LogP contribution in [-0.4, -0.2) is 64.9 Å². The quantitative estimate of drug-likeness (QED) is 0.516. The Balaban J connectivity index is 1.80. The number of halogens is 4. The first-order valence-corrected chi connectivity index (χ1v) is 10.1. The van der Waals surface area contributed by atoms with E-state index < -0.39 is 42.3 Å². The van der Waals surface area contributed by atoms with Gasteiger partial charge in [-0.1, -0.05) is 6.07 Å². The molecule has 1 unspecified atom stereocenters. The summed E-state index contributed by atoms with van der Waals surface area (Å²) in [6, 6.07) is 2.12. The predicted octanol–water partition coefficient (Wildman–Crippen LogP) is 2.03. The van der Waals surface area contributed by atoms with E-state index in [1.165, 1.54) is 17.2 Å². The average molecular weight is 455 g/mol. The fourth-order valence-electron chi connectivity index (χ4n) is 3.99. The van der Waals surface area contributed by atoms with Crippen LogP contribution in [0.25, 0.3) is 0 Å². The third-order valence-corrected chi connectivity index (χ3v) is 5.62. The number of Topliss-reactive ketones (excluding diaryl/α,β-unsaturated/α-hetero) is 1. The van der Waals surface area contributed by atoms with Gasteiger partial charge in [0.05, 0.1) is 25.8 Å². The number of hydrogen-bond acceptors (Lipinski definition) is 7. The van der Waals surface area contributed by atoms with E-state index in [0.29, 0.717) is 0 Å². The number of hydrogen-bond donors (Lipinski definition) is 0. The van der Waals surface area contributed by atoms with Crippen molar-refractivity contribution in [2.45, 2.75) is 38.1 Å². The van der Waals surface area contributed by atoms with E-state index in [1.807, 2.05) is 0 Å². The topological polar surface area (TPSA) is 80.6 Å². The summed E-state index contributed by atoms with van der Waals surface area (Å²) in [4.78, 5) is 35.7. The zero-order valence-electron chi connectivity index (χ0n) is 17.2. The summed E-state index contributed by atoms with van der Waals surface area (Å²) >= 11 is 0. The third-order valence-electron chi connectivity index (χ3n) is 5.62.